The molecule has 176 valence electrons. The van der Waals surface area contributed by atoms with Crippen LogP contribution in [0.25, 0.3) is 28.3 Å². The molecule has 8 nitrogen and oxygen atoms in total. The quantitative estimate of drug-likeness (QED) is 0.405. The van der Waals surface area contributed by atoms with Crippen LogP contribution in [0.5, 0.6) is 0 Å². The second-order valence-electron chi connectivity index (χ2n) is 9.47. The van der Waals surface area contributed by atoms with Gasteiger partial charge in [-0.1, -0.05) is 12.1 Å². The third-order valence-electron chi connectivity index (χ3n) is 6.76. The summed E-state index contributed by atoms with van der Waals surface area (Å²) in [5.74, 6) is 0.828. The molecule has 2 aliphatic heterocycles. The highest BCUT2D eigenvalue weighted by atomic mass is 16.5. The summed E-state index contributed by atoms with van der Waals surface area (Å²) in [7, 11) is 4.17. The van der Waals surface area contributed by atoms with E-state index >= 15 is 0 Å². The summed E-state index contributed by atoms with van der Waals surface area (Å²) in [5.41, 5.74) is 7.40. The first kappa shape index (κ1) is 21.6. The SMILES string of the molecule is CN(C)CC1CN(c2ccc3c(c2)Cn2cc(-c4ccc(C#N)cc4)cc2-c2nncn2-3)CCO1. The Morgan fingerprint density at radius 1 is 1.11 bits per heavy atom. The number of morpholine rings is 1. The van der Waals surface area contributed by atoms with Crippen LogP contribution in [0.3, 0.4) is 0 Å². The zero-order valence-corrected chi connectivity index (χ0v) is 19.9. The molecule has 2 aromatic heterocycles. The van der Waals surface area contributed by atoms with Crippen LogP contribution < -0.4 is 4.90 Å². The first-order valence-corrected chi connectivity index (χ1v) is 11.8. The Kier molecular flexibility index (Phi) is 5.36. The maximum atomic E-state index is 9.13. The van der Waals surface area contributed by atoms with Gasteiger partial charge < -0.3 is 19.1 Å². The second kappa shape index (κ2) is 8.69. The minimum absolute atomic E-state index is 0.202. The molecule has 0 amide bonds. The zero-order chi connectivity index (χ0) is 23.9. The zero-order valence-electron chi connectivity index (χ0n) is 19.9. The molecule has 4 aromatic rings. The van der Waals surface area contributed by atoms with Crippen molar-refractivity contribution in [3.05, 3.63) is 72.2 Å². The van der Waals surface area contributed by atoms with Crippen LogP contribution in [0.1, 0.15) is 11.1 Å². The van der Waals surface area contributed by atoms with Gasteiger partial charge in [0.05, 0.1) is 35.7 Å². The Bertz CT molecular complexity index is 1410. The van der Waals surface area contributed by atoms with Crippen LogP contribution in [0, 0.1) is 11.3 Å². The molecular formula is C27H27N7O. The van der Waals surface area contributed by atoms with E-state index in [2.05, 4.69) is 79.8 Å². The van der Waals surface area contributed by atoms with Gasteiger partial charge >= 0.3 is 0 Å². The number of hydrogen-bond acceptors (Lipinski definition) is 6. The Hall–Kier alpha value is -3.93. The van der Waals surface area contributed by atoms with Crippen LogP contribution in [-0.4, -0.2) is 70.7 Å². The Balaban J connectivity index is 1.36. The highest BCUT2D eigenvalue weighted by molar-refractivity contribution is 5.72. The van der Waals surface area contributed by atoms with Crippen molar-refractivity contribution in [1.82, 2.24) is 24.2 Å². The van der Waals surface area contributed by atoms with E-state index in [0.29, 0.717) is 5.56 Å². The Morgan fingerprint density at radius 2 is 1.97 bits per heavy atom. The molecule has 0 aliphatic carbocycles. The summed E-state index contributed by atoms with van der Waals surface area (Å²) in [6, 6.07) is 18.7. The molecule has 0 saturated carbocycles. The minimum atomic E-state index is 0.202. The molecule has 0 radical (unpaired) electrons. The summed E-state index contributed by atoms with van der Waals surface area (Å²) in [4.78, 5) is 4.60. The minimum Gasteiger partial charge on any atom is -0.373 e. The van der Waals surface area contributed by atoms with E-state index in [0.717, 1.165) is 61.1 Å². The molecule has 1 fully saturated rings. The first-order chi connectivity index (χ1) is 17.1. The van der Waals surface area contributed by atoms with Crippen LogP contribution >= 0.6 is 0 Å². The lowest BCUT2D eigenvalue weighted by Crippen LogP contribution is -2.46. The Labute approximate surface area is 204 Å². The number of nitrogens with zero attached hydrogens (tertiary/aromatic N) is 7. The van der Waals surface area contributed by atoms with Crippen molar-refractivity contribution >= 4 is 5.69 Å². The number of hydrogen-bond donors (Lipinski definition) is 0. The lowest BCUT2D eigenvalue weighted by molar-refractivity contribution is 0.0248. The summed E-state index contributed by atoms with van der Waals surface area (Å²) < 4.78 is 10.3. The molecule has 0 N–H and O–H groups in total. The number of rotatable bonds is 4. The maximum absolute atomic E-state index is 9.13. The lowest BCUT2D eigenvalue weighted by atomic mass is 10.1. The Morgan fingerprint density at radius 3 is 2.77 bits per heavy atom. The van der Waals surface area contributed by atoms with Crippen molar-refractivity contribution in [3.8, 4) is 34.4 Å². The number of fused-ring (bicyclic) bond motifs is 5. The fraction of sp³-hybridized carbons (Fsp3) is 0.296. The van der Waals surface area contributed by atoms with Crippen LogP contribution in [0.2, 0.25) is 0 Å². The predicted octanol–water partition coefficient (Wildman–Crippen LogP) is 3.40. The summed E-state index contributed by atoms with van der Waals surface area (Å²) in [6.07, 6.45) is 4.16. The van der Waals surface area contributed by atoms with Gasteiger partial charge in [-0.25, -0.2) is 0 Å². The largest absolute Gasteiger partial charge is 0.373 e. The van der Waals surface area contributed by atoms with Gasteiger partial charge in [-0.05, 0) is 61.6 Å². The monoisotopic (exact) mass is 465 g/mol. The molecule has 2 aromatic carbocycles. The number of aromatic nitrogens is 4. The van der Waals surface area contributed by atoms with Gasteiger partial charge in [0.15, 0.2) is 5.82 Å². The number of anilines is 1. The molecule has 4 heterocycles. The highest BCUT2D eigenvalue weighted by Gasteiger charge is 2.25. The smallest absolute Gasteiger partial charge is 0.185 e. The topological polar surface area (TPSA) is 75.1 Å². The van der Waals surface area contributed by atoms with Gasteiger partial charge in [-0.3, -0.25) is 4.57 Å². The van der Waals surface area contributed by atoms with Gasteiger partial charge in [0.25, 0.3) is 0 Å². The van der Waals surface area contributed by atoms with Gasteiger partial charge in [0, 0.05) is 43.6 Å². The van der Waals surface area contributed by atoms with Crippen molar-refractivity contribution in [2.24, 2.45) is 0 Å². The molecule has 1 unspecified atom stereocenters. The van der Waals surface area contributed by atoms with Crippen molar-refractivity contribution < 1.29 is 4.74 Å². The normalized spacial score (nSPS) is 16.9. The van der Waals surface area contributed by atoms with Crippen LogP contribution in [-0.2, 0) is 11.3 Å². The van der Waals surface area contributed by atoms with E-state index in [4.69, 9.17) is 10.00 Å². The molecule has 1 atom stereocenters. The fourth-order valence-electron chi connectivity index (χ4n) is 5.10. The first-order valence-electron chi connectivity index (χ1n) is 11.8. The van der Waals surface area contributed by atoms with Crippen LogP contribution in [0.4, 0.5) is 5.69 Å². The second-order valence-corrected chi connectivity index (χ2v) is 9.47. The van der Waals surface area contributed by atoms with Crippen molar-refractivity contribution in [1.29, 1.82) is 5.26 Å². The molecule has 1 saturated heterocycles. The summed E-state index contributed by atoms with van der Waals surface area (Å²) in [6.45, 7) is 4.16. The van der Waals surface area contributed by atoms with E-state index in [9.17, 15) is 0 Å². The molecular weight excluding hydrogens is 438 g/mol. The molecule has 8 heteroatoms. The fourth-order valence-corrected chi connectivity index (χ4v) is 5.10. The van der Waals surface area contributed by atoms with Crippen LogP contribution in [0.15, 0.2) is 61.1 Å². The van der Waals surface area contributed by atoms with E-state index in [1.807, 2.05) is 24.3 Å². The van der Waals surface area contributed by atoms with Crippen molar-refractivity contribution in [2.75, 3.05) is 45.2 Å². The maximum Gasteiger partial charge on any atom is 0.185 e. The predicted molar refractivity (Wildman–Crippen MR) is 135 cm³/mol. The third-order valence-corrected chi connectivity index (χ3v) is 6.76. The third kappa shape index (κ3) is 3.99. The molecule has 6 rings (SSSR count). The molecule has 2 aliphatic rings. The lowest BCUT2D eigenvalue weighted by Gasteiger charge is -2.36. The van der Waals surface area contributed by atoms with E-state index in [1.54, 1.807) is 6.33 Å². The van der Waals surface area contributed by atoms with Crippen molar-refractivity contribution in [2.45, 2.75) is 12.6 Å². The van der Waals surface area contributed by atoms with Gasteiger partial charge in [-0.15, -0.1) is 10.2 Å². The molecule has 0 spiro atoms. The van der Waals surface area contributed by atoms with Crippen molar-refractivity contribution in [3.63, 3.8) is 0 Å². The van der Waals surface area contributed by atoms with Gasteiger partial charge in [0.1, 0.15) is 6.33 Å². The number of ether oxygens (including phenoxy) is 1. The molecule has 0 bridgehead atoms. The average molecular weight is 466 g/mol. The number of benzene rings is 2. The summed E-state index contributed by atoms with van der Waals surface area (Å²) >= 11 is 0. The van der Waals surface area contributed by atoms with E-state index < -0.39 is 0 Å². The summed E-state index contributed by atoms with van der Waals surface area (Å²) in [5, 5.41) is 17.8. The van der Waals surface area contributed by atoms with Gasteiger partial charge in [-0.2, -0.15) is 5.26 Å². The number of likely N-dealkylation sites (N-methyl/N-ethyl adjacent to an activating group) is 1. The standard InChI is InChI=1S/C27H27N7O/c1-31(2)16-24-17-32(9-10-35-24)23-7-8-25-22(11-23)15-33-14-21(20-5-3-19(13-28)4-6-20)12-26(33)27-30-29-18-34(25)27/h3-8,11-12,14,18,24H,9-10,15-17H2,1-2H3. The van der Waals surface area contributed by atoms with Gasteiger partial charge in [0.2, 0.25) is 0 Å². The number of nitriles is 1. The molecule has 35 heavy (non-hydrogen) atoms. The van der Waals surface area contributed by atoms with E-state index in [1.165, 1.54) is 11.3 Å². The highest BCUT2D eigenvalue weighted by Crippen LogP contribution is 2.35. The average Bonchev–Trinajstić information content (AvgIpc) is 3.49. The van der Waals surface area contributed by atoms with E-state index in [-0.39, 0.29) is 6.10 Å².